The molecule has 3 aromatic rings. The molecule has 0 aromatic carbocycles. The Morgan fingerprint density at radius 2 is 2.32 bits per heavy atom. The first-order chi connectivity index (χ1) is 12.0. The predicted molar refractivity (Wildman–Crippen MR) is 99.3 cm³/mol. The summed E-state index contributed by atoms with van der Waals surface area (Å²) in [5, 5.41) is 10.5. The average molecular weight is 377 g/mol. The molecule has 132 valence electrons. The minimum atomic E-state index is -0.243. The van der Waals surface area contributed by atoms with E-state index in [-0.39, 0.29) is 17.8 Å². The van der Waals surface area contributed by atoms with Gasteiger partial charge in [0, 0.05) is 4.88 Å². The fourth-order valence-corrected chi connectivity index (χ4v) is 5.27. The molecule has 0 bridgehead atoms. The van der Waals surface area contributed by atoms with Crippen LogP contribution in [-0.2, 0) is 22.4 Å². The van der Waals surface area contributed by atoms with E-state index in [0.717, 1.165) is 34.6 Å². The van der Waals surface area contributed by atoms with Gasteiger partial charge in [-0.1, -0.05) is 18.7 Å². The minimum absolute atomic E-state index is 0.107. The van der Waals surface area contributed by atoms with E-state index < -0.39 is 0 Å². The van der Waals surface area contributed by atoms with Crippen LogP contribution in [0.3, 0.4) is 0 Å². The summed E-state index contributed by atoms with van der Waals surface area (Å²) in [6.45, 7) is 5.99. The van der Waals surface area contributed by atoms with Crippen molar-refractivity contribution in [3.63, 3.8) is 0 Å². The summed E-state index contributed by atoms with van der Waals surface area (Å²) in [5.41, 5.74) is 2.23. The van der Waals surface area contributed by atoms with Crippen LogP contribution >= 0.6 is 23.1 Å². The lowest BCUT2D eigenvalue weighted by Crippen LogP contribution is -2.13. The molecule has 6 nitrogen and oxygen atoms in total. The summed E-state index contributed by atoms with van der Waals surface area (Å²) >= 11 is 3.11. The number of carbonyl (C=O) groups excluding carboxylic acids is 1. The van der Waals surface area contributed by atoms with E-state index in [0.29, 0.717) is 5.16 Å². The highest BCUT2D eigenvalue weighted by Crippen LogP contribution is 2.39. The minimum Gasteiger partial charge on any atom is -0.462 e. The van der Waals surface area contributed by atoms with Gasteiger partial charge in [-0.05, 0) is 44.6 Å². The molecule has 3 aromatic heterocycles. The van der Waals surface area contributed by atoms with Gasteiger partial charge in [-0.2, -0.15) is 0 Å². The standard InChI is InChI=1S/C17H20N4O2S2/c1-9(2)23-13(22)7-24-17-20-19-15-14-11-5-4-10(3)6-12(11)25-16(14)18-8-21(15)17/h8-10H,4-7H2,1-3H3. The van der Waals surface area contributed by atoms with Gasteiger partial charge in [0.15, 0.2) is 10.8 Å². The third-order valence-corrected chi connectivity index (χ3v) is 6.44. The van der Waals surface area contributed by atoms with Crippen LogP contribution in [-0.4, -0.2) is 37.4 Å². The van der Waals surface area contributed by atoms with Gasteiger partial charge in [0.1, 0.15) is 11.2 Å². The Hall–Kier alpha value is -1.67. The molecule has 0 radical (unpaired) electrons. The largest absolute Gasteiger partial charge is 0.462 e. The quantitative estimate of drug-likeness (QED) is 0.513. The number of esters is 1. The molecule has 0 spiro atoms. The van der Waals surface area contributed by atoms with Crippen molar-refractivity contribution < 1.29 is 9.53 Å². The zero-order valence-corrected chi connectivity index (χ0v) is 16.1. The van der Waals surface area contributed by atoms with E-state index in [2.05, 4.69) is 22.1 Å². The Balaban J connectivity index is 1.68. The van der Waals surface area contributed by atoms with E-state index in [1.807, 2.05) is 18.2 Å². The summed E-state index contributed by atoms with van der Waals surface area (Å²) in [5.74, 6) is 0.705. The lowest BCUT2D eigenvalue weighted by atomic mass is 9.89. The smallest absolute Gasteiger partial charge is 0.316 e. The molecule has 0 saturated heterocycles. The average Bonchev–Trinajstić information content (AvgIpc) is 3.11. The fourth-order valence-electron chi connectivity index (χ4n) is 3.24. The van der Waals surface area contributed by atoms with Gasteiger partial charge < -0.3 is 4.74 Å². The molecule has 3 heterocycles. The number of hydrogen-bond donors (Lipinski definition) is 0. The monoisotopic (exact) mass is 376 g/mol. The summed E-state index contributed by atoms with van der Waals surface area (Å²) in [6.07, 6.45) is 5.06. The normalized spacial score (nSPS) is 17.4. The van der Waals surface area contributed by atoms with Crippen molar-refractivity contribution in [1.29, 1.82) is 0 Å². The zero-order valence-electron chi connectivity index (χ0n) is 14.5. The summed E-state index contributed by atoms with van der Waals surface area (Å²) < 4.78 is 7.06. The van der Waals surface area contributed by atoms with Crippen molar-refractivity contribution in [2.75, 3.05) is 5.75 Å². The molecule has 8 heteroatoms. The number of aryl methyl sites for hydroxylation is 1. The number of nitrogens with zero attached hydrogens (tertiary/aromatic N) is 4. The molecule has 1 atom stereocenters. The number of aromatic nitrogens is 4. The number of fused-ring (bicyclic) bond motifs is 5. The Kier molecular flexibility index (Phi) is 4.41. The number of ether oxygens (including phenoxy) is 1. The molecule has 0 saturated carbocycles. The highest BCUT2D eigenvalue weighted by Gasteiger charge is 2.24. The van der Waals surface area contributed by atoms with Gasteiger partial charge in [0.2, 0.25) is 0 Å². The van der Waals surface area contributed by atoms with E-state index in [1.165, 1.54) is 28.6 Å². The van der Waals surface area contributed by atoms with Crippen molar-refractivity contribution in [1.82, 2.24) is 19.6 Å². The molecule has 0 aliphatic heterocycles. The maximum Gasteiger partial charge on any atom is 0.316 e. The molecule has 4 rings (SSSR count). The van der Waals surface area contributed by atoms with Gasteiger partial charge in [-0.3, -0.25) is 9.20 Å². The van der Waals surface area contributed by atoms with Crippen LogP contribution in [0.5, 0.6) is 0 Å². The molecule has 0 N–H and O–H groups in total. The predicted octanol–water partition coefficient (Wildman–Crippen LogP) is 3.51. The first kappa shape index (κ1) is 16.8. The van der Waals surface area contributed by atoms with Crippen LogP contribution in [0.2, 0.25) is 0 Å². The maximum atomic E-state index is 11.8. The van der Waals surface area contributed by atoms with Gasteiger partial charge in [0.05, 0.1) is 17.2 Å². The SMILES string of the molecule is CC1CCc2c(sc3ncn4c(SCC(=O)OC(C)C)nnc4c23)C1. The van der Waals surface area contributed by atoms with Gasteiger partial charge in [0.25, 0.3) is 0 Å². The van der Waals surface area contributed by atoms with E-state index in [1.54, 1.807) is 17.7 Å². The molecule has 1 aliphatic carbocycles. The van der Waals surface area contributed by atoms with Crippen LogP contribution in [0, 0.1) is 5.92 Å². The summed E-state index contributed by atoms with van der Waals surface area (Å²) in [7, 11) is 0. The highest BCUT2D eigenvalue weighted by molar-refractivity contribution is 7.99. The van der Waals surface area contributed by atoms with Crippen molar-refractivity contribution in [2.24, 2.45) is 5.92 Å². The van der Waals surface area contributed by atoms with Crippen LogP contribution in [0.1, 0.15) is 37.6 Å². The third-order valence-electron chi connectivity index (χ3n) is 4.36. The second kappa shape index (κ2) is 6.57. The molecule has 0 fully saturated rings. The lowest BCUT2D eigenvalue weighted by molar-refractivity contribution is -0.144. The lowest BCUT2D eigenvalue weighted by Gasteiger charge is -2.17. The van der Waals surface area contributed by atoms with Crippen LogP contribution < -0.4 is 0 Å². The molecule has 1 unspecified atom stereocenters. The van der Waals surface area contributed by atoms with Crippen molar-refractivity contribution >= 4 is 44.9 Å². The molecule has 1 aliphatic rings. The highest BCUT2D eigenvalue weighted by atomic mass is 32.2. The maximum absolute atomic E-state index is 11.8. The van der Waals surface area contributed by atoms with Gasteiger partial charge >= 0.3 is 5.97 Å². The summed E-state index contributed by atoms with van der Waals surface area (Å²) in [6, 6.07) is 0. The topological polar surface area (TPSA) is 69.4 Å². The first-order valence-electron chi connectivity index (χ1n) is 8.49. The van der Waals surface area contributed by atoms with Gasteiger partial charge in [-0.25, -0.2) is 4.98 Å². The fraction of sp³-hybridized carbons (Fsp3) is 0.529. The Bertz CT molecular complexity index is 947. The number of hydrogen-bond acceptors (Lipinski definition) is 7. The number of thiophene rings is 1. The van der Waals surface area contributed by atoms with E-state index >= 15 is 0 Å². The second-order valence-electron chi connectivity index (χ2n) is 6.78. The van der Waals surface area contributed by atoms with Crippen LogP contribution in [0.4, 0.5) is 0 Å². The number of rotatable bonds is 4. The molecular formula is C17H20N4O2S2. The Morgan fingerprint density at radius 1 is 1.48 bits per heavy atom. The first-order valence-corrected chi connectivity index (χ1v) is 10.3. The molecular weight excluding hydrogens is 356 g/mol. The van der Waals surface area contributed by atoms with Crippen LogP contribution in [0.15, 0.2) is 11.5 Å². The molecule has 0 amide bonds. The van der Waals surface area contributed by atoms with Crippen molar-refractivity contribution in [2.45, 2.75) is 51.3 Å². The number of thioether (sulfide) groups is 1. The third kappa shape index (κ3) is 3.13. The number of carbonyl (C=O) groups is 1. The van der Waals surface area contributed by atoms with Crippen molar-refractivity contribution in [3.05, 3.63) is 16.8 Å². The van der Waals surface area contributed by atoms with E-state index in [4.69, 9.17) is 4.74 Å². The Morgan fingerprint density at radius 3 is 3.12 bits per heavy atom. The zero-order chi connectivity index (χ0) is 17.6. The van der Waals surface area contributed by atoms with Crippen LogP contribution in [0.25, 0.3) is 15.9 Å². The van der Waals surface area contributed by atoms with Crippen molar-refractivity contribution in [3.8, 4) is 0 Å². The second-order valence-corrected chi connectivity index (χ2v) is 8.81. The Labute approximate surface area is 154 Å². The summed E-state index contributed by atoms with van der Waals surface area (Å²) in [4.78, 5) is 18.9. The van der Waals surface area contributed by atoms with Gasteiger partial charge in [-0.15, -0.1) is 21.5 Å². The molecule has 25 heavy (non-hydrogen) atoms. The van der Waals surface area contributed by atoms with E-state index in [9.17, 15) is 4.79 Å².